The minimum atomic E-state index is -1.27. The van der Waals surface area contributed by atoms with Crippen LogP contribution in [0, 0.1) is 17.6 Å². The summed E-state index contributed by atoms with van der Waals surface area (Å²) in [6, 6.07) is 9.52. The molecule has 7 nitrogen and oxygen atoms in total. The molecule has 2 aromatic carbocycles. The Balaban J connectivity index is 1.62. The molecule has 1 aliphatic rings. The van der Waals surface area contributed by atoms with Gasteiger partial charge < -0.3 is 19.7 Å². The smallest absolute Gasteiger partial charge is 0.312 e. The summed E-state index contributed by atoms with van der Waals surface area (Å²) >= 11 is 0. The van der Waals surface area contributed by atoms with Gasteiger partial charge in [-0.15, -0.1) is 0 Å². The van der Waals surface area contributed by atoms with E-state index < -0.39 is 35.5 Å². The number of ether oxygens (including phenoxy) is 2. The van der Waals surface area contributed by atoms with Crippen molar-refractivity contribution < 1.29 is 32.6 Å². The van der Waals surface area contributed by atoms with Crippen LogP contribution in [-0.4, -0.2) is 37.5 Å². The van der Waals surface area contributed by atoms with E-state index in [0.29, 0.717) is 11.4 Å². The van der Waals surface area contributed by atoms with Gasteiger partial charge in [-0.1, -0.05) is 12.1 Å². The lowest BCUT2D eigenvalue weighted by atomic mass is 10.1. The number of halogens is 2. The second-order valence-corrected chi connectivity index (χ2v) is 6.77. The number of benzene rings is 2. The molecule has 0 spiro atoms. The fourth-order valence-corrected chi connectivity index (χ4v) is 3.10. The molecule has 2 amide bonds. The molecular weight excluding hydrogens is 398 g/mol. The topological polar surface area (TPSA) is 84.9 Å². The quantitative estimate of drug-likeness (QED) is 0.730. The lowest BCUT2D eigenvalue weighted by Crippen LogP contribution is -2.33. The second-order valence-electron chi connectivity index (χ2n) is 6.77. The van der Waals surface area contributed by atoms with Crippen LogP contribution in [0.25, 0.3) is 0 Å². The first-order valence-electron chi connectivity index (χ1n) is 9.20. The van der Waals surface area contributed by atoms with Gasteiger partial charge >= 0.3 is 5.97 Å². The van der Waals surface area contributed by atoms with E-state index in [2.05, 4.69) is 5.32 Å². The SMILES string of the molecule is COc1ccccc1N1C[C@H](C(=O)O[C@@H](C)C(=O)Nc2cc(F)ccc2F)CC1=O. The Kier molecular flexibility index (Phi) is 6.29. The molecule has 158 valence electrons. The number of rotatable bonds is 6. The van der Waals surface area contributed by atoms with Crippen LogP contribution in [0.1, 0.15) is 13.3 Å². The van der Waals surface area contributed by atoms with Gasteiger partial charge in [0, 0.05) is 19.0 Å². The molecule has 3 rings (SSSR count). The Labute approximate surface area is 171 Å². The summed E-state index contributed by atoms with van der Waals surface area (Å²) in [7, 11) is 1.48. The molecule has 9 heteroatoms. The first-order chi connectivity index (χ1) is 14.3. The van der Waals surface area contributed by atoms with Crippen LogP contribution in [0.2, 0.25) is 0 Å². The van der Waals surface area contributed by atoms with Gasteiger partial charge in [-0.25, -0.2) is 8.78 Å². The number of amides is 2. The van der Waals surface area contributed by atoms with Gasteiger partial charge in [0.2, 0.25) is 5.91 Å². The van der Waals surface area contributed by atoms with Crippen LogP contribution in [0.4, 0.5) is 20.2 Å². The summed E-state index contributed by atoms with van der Waals surface area (Å²) in [6.07, 6.45) is -1.35. The van der Waals surface area contributed by atoms with Crippen molar-refractivity contribution in [1.82, 2.24) is 0 Å². The van der Waals surface area contributed by atoms with Crippen molar-refractivity contribution in [3.63, 3.8) is 0 Å². The zero-order valence-corrected chi connectivity index (χ0v) is 16.4. The number of hydrogen-bond donors (Lipinski definition) is 1. The highest BCUT2D eigenvalue weighted by molar-refractivity contribution is 6.01. The summed E-state index contributed by atoms with van der Waals surface area (Å²) in [5.74, 6) is -3.66. The number of esters is 1. The molecule has 1 aliphatic heterocycles. The molecule has 1 heterocycles. The summed E-state index contributed by atoms with van der Waals surface area (Å²) < 4.78 is 37.3. The Hall–Kier alpha value is -3.49. The maximum atomic E-state index is 13.7. The molecule has 0 saturated carbocycles. The third-order valence-corrected chi connectivity index (χ3v) is 4.68. The summed E-state index contributed by atoms with van der Waals surface area (Å²) in [5, 5.41) is 2.18. The standard InChI is InChI=1S/C21H20F2N2O5/c1-12(20(27)24-16-10-14(22)7-8-15(16)23)30-21(28)13-9-19(26)25(11-13)17-5-3-4-6-18(17)29-2/h3-8,10,12-13H,9,11H2,1-2H3,(H,24,27)/t12-,13+/m0/s1. The van der Waals surface area contributed by atoms with Gasteiger partial charge in [-0.2, -0.15) is 0 Å². The number of carbonyl (C=O) groups excluding carboxylic acids is 3. The number of methoxy groups -OCH3 is 1. The van der Waals surface area contributed by atoms with Gasteiger partial charge in [0.1, 0.15) is 17.4 Å². The number of nitrogens with zero attached hydrogens (tertiary/aromatic N) is 1. The highest BCUT2D eigenvalue weighted by Gasteiger charge is 2.38. The average Bonchev–Trinajstić information content (AvgIpc) is 3.12. The highest BCUT2D eigenvalue weighted by Crippen LogP contribution is 2.33. The van der Waals surface area contributed by atoms with Gasteiger partial charge in [-0.3, -0.25) is 14.4 Å². The fourth-order valence-electron chi connectivity index (χ4n) is 3.10. The normalized spacial score (nSPS) is 16.9. The molecule has 0 aromatic heterocycles. The fraction of sp³-hybridized carbons (Fsp3) is 0.286. The first-order valence-corrected chi connectivity index (χ1v) is 9.20. The minimum Gasteiger partial charge on any atom is -0.495 e. The molecular formula is C21H20F2N2O5. The average molecular weight is 418 g/mol. The first kappa shape index (κ1) is 21.2. The molecule has 2 atom stereocenters. The third-order valence-electron chi connectivity index (χ3n) is 4.68. The summed E-state index contributed by atoms with van der Waals surface area (Å²) in [4.78, 5) is 38.5. The van der Waals surface area contributed by atoms with Crippen LogP contribution < -0.4 is 15.0 Å². The maximum absolute atomic E-state index is 13.7. The minimum absolute atomic E-state index is 0.0743. The maximum Gasteiger partial charge on any atom is 0.312 e. The number of para-hydroxylation sites is 2. The Morgan fingerprint density at radius 1 is 1.20 bits per heavy atom. The molecule has 0 radical (unpaired) electrons. The predicted molar refractivity (Wildman–Crippen MR) is 104 cm³/mol. The van der Waals surface area contributed by atoms with Crippen LogP contribution >= 0.6 is 0 Å². The zero-order chi connectivity index (χ0) is 21.8. The molecule has 0 unspecified atom stereocenters. The summed E-state index contributed by atoms with van der Waals surface area (Å²) in [5.41, 5.74) is 0.175. The van der Waals surface area contributed by atoms with Crippen molar-refractivity contribution in [3.05, 3.63) is 54.1 Å². The third kappa shape index (κ3) is 4.56. The van der Waals surface area contributed by atoms with E-state index in [1.54, 1.807) is 24.3 Å². The van der Waals surface area contributed by atoms with Crippen molar-refractivity contribution in [3.8, 4) is 5.75 Å². The highest BCUT2D eigenvalue weighted by atomic mass is 19.1. The lowest BCUT2D eigenvalue weighted by molar-refractivity contribution is -0.157. The second kappa shape index (κ2) is 8.89. The van der Waals surface area contributed by atoms with Crippen molar-refractivity contribution in [2.24, 2.45) is 5.92 Å². The van der Waals surface area contributed by atoms with E-state index in [0.717, 1.165) is 18.2 Å². The Bertz CT molecular complexity index is 982. The van der Waals surface area contributed by atoms with E-state index in [4.69, 9.17) is 9.47 Å². The van der Waals surface area contributed by atoms with E-state index in [9.17, 15) is 23.2 Å². The molecule has 1 fully saturated rings. The molecule has 2 aromatic rings. The summed E-state index contributed by atoms with van der Waals surface area (Å²) in [6.45, 7) is 1.38. The molecule has 1 saturated heterocycles. The number of nitrogens with one attached hydrogen (secondary N) is 1. The van der Waals surface area contributed by atoms with Crippen molar-refractivity contribution >= 4 is 29.2 Å². The van der Waals surface area contributed by atoms with Crippen molar-refractivity contribution in [1.29, 1.82) is 0 Å². The molecule has 0 aliphatic carbocycles. The predicted octanol–water partition coefficient (Wildman–Crippen LogP) is 2.90. The Morgan fingerprint density at radius 3 is 2.67 bits per heavy atom. The van der Waals surface area contributed by atoms with E-state index in [-0.39, 0.29) is 24.6 Å². The largest absolute Gasteiger partial charge is 0.495 e. The zero-order valence-electron chi connectivity index (χ0n) is 16.4. The van der Waals surface area contributed by atoms with Gasteiger partial charge in [0.25, 0.3) is 5.91 Å². The van der Waals surface area contributed by atoms with E-state index in [1.165, 1.54) is 18.9 Å². The number of carbonyl (C=O) groups is 3. The van der Waals surface area contributed by atoms with Crippen LogP contribution in [-0.2, 0) is 19.1 Å². The van der Waals surface area contributed by atoms with Crippen molar-refractivity contribution in [2.45, 2.75) is 19.4 Å². The van der Waals surface area contributed by atoms with E-state index in [1.807, 2.05) is 0 Å². The van der Waals surface area contributed by atoms with Gasteiger partial charge in [0.15, 0.2) is 6.10 Å². The molecule has 0 bridgehead atoms. The van der Waals surface area contributed by atoms with Crippen molar-refractivity contribution in [2.75, 3.05) is 23.9 Å². The van der Waals surface area contributed by atoms with Crippen LogP contribution in [0.15, 0.2) is 42.5 Å². The van der Waals surface area contributed by atoms with Crippen LogP contribution in [0.5, 0.6) is 5.75 Å². The lowest BCUT2D eigenvalue weighted by Gasteiger charge is -2.20. The molecule has 30 heavy (non-hydrogen) atoms. The number of anilines is 2. The Morgan fingerprint density at radius 2 is 1.93 bits per heavy atom. The monoisotopic (exact) mass is 418 g/mol. The number of hydrogen-bond acceptors (Lipinski definition) is 5. The molecule has 1 N–H and O–H groups in total. The van der Waals surface area contributed by atoms with Gasteiger partial charge in [-0.05, 0) is 31.2 Å². The van der Waals surface area contributed by atoms with Gasteiger partial charge in [0.05, 0.1) is 24.4 Å². The van der Waals surface area contributed by atoms with Crippen LogP contribution in [0.3, 0.4) is 0 Å². The van der Waals surface area contributed by atoms with E-state index >= 15 is 0 Å².